The van der Waals surface area contributed by atoms with E-state index in [9.17, 15) is 14.4 Å². The van der Waals surface area contributed by atoms with Crippen molar-refractivity contribution >= 4 is 35.4 Å². The fourth-order valence-corrected chi connectivity index (χ4v) is 3.81. The topological polar surface area (TPSA) is 75.7 Å². The highest BCUT2D eigenvalue weighted by Crippen LogP contribution is 2.22. The molecule has 1 saturated heterocycles. The second-order valence-electron chi connectivity index (χ2n) is 8.24. The van der Waals surface area contributed by atoms with Crippen LogP contribution in [0.25, 0.3) is 12.2 Å². The summed E-state index contributed by atoms with van der Waals surface area (Å²) in [6.45, 7) is 0.312. The minimum absolute atomic E-state index is 0.0898. The number of anilines is 1. The Labute approximate surface area is 210 Å². The first-order valence-electron chi connectivity index (χ1n) is 11.5. The first kappa shape index (κ1) is 24.4. The number of Topliss-reactive ketones (excluding diaryl/α,β-unsaturated/α-hetero) is 1. The zero-order chi connectivity index (χ0) is 25.3. The maximum atomic E-state index is 13.3. The molecule has 180 valence electrons. The molecule has 36 heavy (non-hydrogen) atoms. The lowest BCUT2D eigenvalue weighted by molar-refractivity contribution is -0.126. The van der Waals surface area contributed by atoms with Gasteiger partial charge < -0.3 is 15.0 Å². The third-order valence-electron chi connectivity index (χ3n) is 5.63. The monoisotopic (exact) mass is 478 g/mol. The predicted molar refractivity (Wildman–Crippen MR) is 141 cm³/mol. The number of nitrogens with zero attached hydrogens (tertiary/aromatic N) is 1. The van der Waals surface area contributed by atoms with Gasteiger partial charge in [0.05, 0.1) is 20.2 Å². The number of hydrogen-bond acceptors (Lipinski definition) is 4. The minimum atomic E-state index is -0.429. The Kier molecular flexibility index (Phi) is 7.88. The van der Waals surface area contributed by atoms with Crippen LogP contribution in [0.1, 0.15) is 11.1 Å². The first-order valence-corrected chi connectivity index (χ1v) is 11.5. The number of likely N-dealkylation sites (tertiary alicyclic amines) is 1. The molecular formula is C30H26N2O4. The van der Waals surface area contributed by atoms with Crippen molar-refractivity contribution in [1.29, 1.82) is 0 Å². The lowest BCUT2D eigenvalue weighted by Gasteiger charge is -2.29. The number of carbonyl (C=O) groups excluding carboxylic acids is 3. The van der Waals surface area contributed by atoms with Gasteiger partial charge in [-0.2, -0.15) is 0 Å². The number of hydrogen-bond donors (Lipinski definition) is 1. The van der Waals surface area contributed by atoms with Crippen molar-refractivity contribution in [3.8, 4) is 5.75 Å². The van der Waals surface area contributed by atoms with Gasteiger partial charge in [-0.1, -0.05) is 60.7 Å². The Hall–Kier alpha value is -4.71. The highest BCUT2D eigenvalue weighted by Gasteiger charge is 2.28. The van der Waals surface area contributed by atoms with E-state index >= 15 is 0 Å². The van der Waals surface area contributed by atoms with Crippen LogP contribution in [0, 0.1) is 0 Å². The number of rotatable bonds is 6. The fourth-order valence-electron chi connectivity index (χ4n) is 3.81. The highest BCUT2D eigenvalue weighted by atomic mass is 16.5. The van der Waals surface area contributed by atoms with Gasteiger partial charge in [0.15, 0.2) is 5.78 Å². The van der Waals surface area contributed by atoms with Gasteiger partial charge in [-0.25, -0.2) is 0 Å². The van der Waals surface area contributed by atoms with E-state index < -0.39 is 5.91 Å². The van der Waals surface area contributed by atoms with Crippen molar-refractivity contribution in [2.45, 2.75) is 0 Å². The Morgan fingerprint density at radius 1 is 0.778 bits per heavy atom. The van der Waals surface area contributed by atoms with Crippen LogP contribution in [0.15, 0.2) is 108 Å². The molecule has 4 rings (SSSR count). The van der Waals surface area contributed by atoms with Crippen molar-refractivity contribution in [2.75, 3.05) is 25.5 Å². The van der Waals surface area contributed by atoms with Crippen molar-refractivity contribution in [2.24, 2.45) is 0 Å². The lowest BCUT2D eigenvalue weighted by Crippen LogP contribution is -2.41. The predicted octanol–water partition coefficient (Wildman–Crippen LogP) is 4.77. The summed E-state index contributed by atoms with van der Waals surface area (Å²) in [5.74, 6) is -0.197. The average Bonchev–Trinajstić information content (AvgIpc) is 2.91. The molecule has 2 amide bonds. The Balaban J connectivity index is 1.53. The van der Waals surface area contributed by atoms with E-state index in [4.69, 9.17) is 4.74 Å². The first-order chi connectivity index (χ1) is 17.5. The molecule has 0 aromatic heterocycles. The van der Waals surface area contributed by atoms with E-state index in [-0.39, 0.29) is 24.8 Å². The number of ketones is 1. The van der Waals surface area contributed by atoms with E-state index in [2.05, 4.69) is 5.32 Å². The number of nitrogens with one attached hydrogen (secondary N) is 1. The van der Waals surface area contributed by atoms with Crippen LogP contribution >= 0.6 is 0 Å². The molecule has 0 saturated carbocycles. The number of benzene rings is 3. The maximum Gasteiger partial charge on any atom is 0.248 e. The zero-order valence-corrected chi connectivity index (χ0v) is 19.9. The Morgan fingerprint density at radius 2 is 1.31 bits per heavy atom. The van der Waals surface area contributed by atoms with Gasteiger partial charge in [0.2, 0.25) is 11.8 Å². The zero-order valence-electron chi connectivity index (χ0n) is 19.9. The normalized spacial score (nSPS) is 15.9. The summed E-state index contributed by atoms with van der Waals surface area (Å²) in [7, 11) is 1.57. The summed E-state index contributed by atoms with van der Waals surface area (Å²) < 4.78 is 5.11. The smallest absolute Gasteiger partial charge is 0.248 e. The molecule has 3 aromatic rings. The Bertz CT molecular complexity index is 1260. The van der Waals surface area contributed by atoms with Crippen LogP contribution in [0.5, 0.6) is 5.75 Å². The van der Waals surface area contributed by atoms with Crippen molar-refractivity contribution < 1.29 is 19.1 Å². The molecule has 1 fully saturated rings. The molecule has 1 aliphatic rings. The van der Waals surface area contributed by atoms with Crippen molar-refractivity contribution in [3.05, 3.63) is 119 Å². The molecule has 1 N–H and O–H groups in total. The van der Waals surface area contributed by atoms with Crippen LogP contribution in [-0.4, -0.2) is 42.7 Å². The van der Waals surface area contributed by atoms with E-state index in [1.165, 1.54) is 12.2 Å². The molecular weight excluding hydrogens is 452 g/mol. The molecule has 0 spiro atoms. The lowest BCUT2D eigenvalue weighted by atomic mass is 9.94. The fraction of sp³-hybridized carbons (Fsp3) is 0.100. The van der Waals surface area contributed by atoms with Crippen LogP contribution in [0.3, 0.4) is 0 Å². The second-order valence-corrected chi connectivity index (χ2v) is 8.24. The summed E-state index contributed by atoms with van der Waals surface area (Å²) in [4.78, 5) is 40.2. The molecule has 6 nitrogen and oxygen atoms in total. The molecule has 0 radical (unpaired) electrons. The number of ether oxygens (including phenoxy) is 1. The summed E-state index contributed by atoms with van der Waals surface area (Å²) in [6.07, 6.45) is 6.04. The van der Waals surface area contributed by atoms with Gasteiger partial charge in [-0.3, -0.25) is 14.4 Å². The average molecular weight is 479 g/mol. The number of methoxy groups -OCH3 is 1. The quantitative estimate of drug-likeness (QED) is 0.518. The molecule has 1 heterocycles. The van der Waals surface area contributed by atoms with Gasteiger partial charge in [0.25, 0.3) is 0 Å². The number of piperidine rings is 1. The molecule has 0 aliphatic carbocycles. The van der Waals surface area contributed by atoms with Crippen molar-refractivity contribution in [3.63, 3.8) is 0 Å². The van der Waals surface area contributed by atoms with Crippen LogP contribution in [0.2, 0.25) is 0 Å². The SMILES string of the molecule is COc1ccc(NC(=O)/C=C/C(=O)N2C/C(=C\c3ccccc3)C(=O)/C(=C/c3ccccc3)C2)cc1. The summed E-state index contributed by atoms with van der Waals surface area (Å²) >= 11 is 0. The minimum Gasteiger partial charge on any atom is -0.497 e. The summed E-state index contributed by atoms with van der Waals surface area (Å²) in [5, 5.41) is 2.71. The Morgan fingerprint density at radius 3 is 1.81 bits per heavy atom. The van der Waals surface area contributed by atoms with E-state index in [1.807, 2.05) is 60.7 Å². The van der Waals surface area contributed by atoms with Crippen LogP contribution < -0.4 is 10.1 Å². The van der Waals surface area contributed by atoms with Gasteiger partial charge in [0, 0.05) is 29.0 Å². The molecule has 1 aliphatic heterocycles. The van der Waals surface area contributed by atoms with Gasteiger partial charge >= 0.3 is 0 Å². The standard InChI is InChI=1S/C30H26N2O4/c1-36-27-14-12-26(13-15-27)31-28(33)16-17-29(34)32-20-24(18-22-8-4-2-5-9-22)30(35)25(21-32)19-23-10-6-3-7-11-23/h2-19H,20-21H2,1H3,(H,31,33)/b17-16+,24-18+,25-19+. The van der Waals surface area contributed by atoms with Gasteiger partial charge in [-0.05, 0) is 47.5 Å². The molecule has 0 bridgehead atoms. The third-order valence-corrected chi connectivity index (χ3v) is 5.63. The van der Waals surface area contributed by atoms with Crippen LogP contribution in [0.4, 0.5) is 5.69 Å². The van der Waals surface area contributed by atoms with Gasteiger partial charge in [0.1, 0.15) is 5.75 Å². The van der Waals surface area contributed by atoms with Crippen molar-refractivity contribution in [1.82, 2.24) is 4.90 Å². The van der Waals surface area contributed by atoms with Gasteiger partial charge in [-0.15, -0.1) is 0 Å². The molecule has 0 unspecified atom stereocenters. The van der Waals surface area contributed by atoms with Crippen LogP contribution in [-0.2, 0) is 14.4 Å². The van der Waals surface area contributed by atoms with E-state index in [1.54, 1.807) is 48.4 Å². The van der Waals surface area contributed by atoms with E-state index in [0.717, 1.165) is 11.1 Å². The number of carbonyl (C=O) groups is 3. The maximum absolute atomic E-state index is 13.3. The number of amides is 2. The third kappa shape index (κ3) is 6.45. The second kappa shape index (κ2) is 11.6. The summed E-state index contributed by atoms with van der Waals surface area (Å²) in [6, 6.07) is 25.9. The van der Waals surface area contributed by atoms with E-state index in [0.29, 0.717) is 22.6 Å². The highest BCUT2D eigenvalue weighted by molar-refractivity contribution is 6.15. The summed E-state index contributed by atoms with van der Waals surface area (Å²) in [5.41, 5.74) is 3.37. The molecule has 3 aromatic carbocycles. The molecule has 0 atom stereocenters. The largest absolute Gasteiger partial charge is 0.497 e. The molecule has 6 heteroatoms.